The van der Waals surface area contributed by atoms with Crippen LogP contribution in [0, 0.1) is 0 Å². The molecule has 0 spiro atoms. The lowest BCUT2D eigenvalue weighted by Crippen LogP contribution is -2.20. The Hall–Kier alpha value is -0.910. The number of methoxy groups -OCH3 is 1. The van der Waals surface area contributed by atoms with Gasteiger partial charge in [-0.25, -0.2) is 4.98 Å². The smallest absolute Gasteiger partial charge is 0.0948 e. The van der Waals surface area contributed by atoms with Gasteiger partial charge < -0.3 is 19.4 Å². The van der Waals surface area contributed by atoms with Crippen molar-refractivity contribution in [1.29, 1.82) is 0 Å². The van der Waals surface area contributed by atoms with Crippen LogP contribution in [0.3, 0.4) is 0 Å². The number of aromatic nitrogens is 2. The zero-order valence-electron chi connectivity index (χ0n) is 12.2. The summed E-state index contributed by atoms with van der Waals surface area (Å²) in [5.41, 5.74) is 1.21. The summed E-state index contributed by atoms with van der Waals surface area (Å²) in [6, 6.07) is 0. The molecule has 1 heterocycles. The van der Waals surface area contributed by atoms with Gasteiger partial charge in [0.2, 0.25) is 0 Å². The van der Waals surface area contributed by atoms with Crippen LogP contribution in [-0.4, -0.2) is 43.0 Å². The van der Waals surface area contributed by atoms with Crippen molar-refractivity contribution in [3.8, 4) is 0 Å². The van der Waals surface area contributed by atoms with Crippen molar-refractivity contribution in [2.45, 2.75) is 39.3 Å². The van der Waals surface area contributed by atoms with Gasteiger partial charge in [0.15, 0.2) is 0 Å². The van der Waals surface area contributed by atoms with Gasteiger partial charge in [-0.15, -0.1) is 0 Å². The van der Waals surface area contributed by atoms with Crippen LogP contribution in [0.4, 0.5) is 0 Å². The van der Waals surface area contributed by atoms with Crippen molar-refractivity contribution < 1.29 is 9.47 Å². The summed E-state index contributed by atoms with van der Waals surface area (Å²) < 4.78 is 12.7. The first-order valence-electron chi connectivity index (χ1n) is 7.15. The first-order chi connectivity index (χ1) is 9.38. The number of nitrogens with zero attached hydrogens (tertiary/aromatic N) is 2. The van der Waals surface area contributed by atoms with Crippen LogP contribution < -0.4 is 5.32 Å². The Kier molecular flexibility index (Phi) is 9.32. The molecular formula is C14H27N3O2. The average molecular weight is 269 g/mol. The molecule has 0 bridgehead atoms. The molecule has 0 aromatic carbocycles. The normalized spacial score (nSPS) is 11.1. The highest BCUT2D eigenvalue weighted by molar-refractivity contribution is 4.97. The van der Waals surface area contributed by atoms with Crippen LogP contribution in [0.2, 0.25) is 0 Å². The molecule has 1 aromatic heterocycles. The Labute approximate surface area is 116 Å². The van der Waals surface area contributed by atoms with E-state index in [2.05, 4.69) is 21.8 Å². The highest BCUT2D eigenvalue weighted by atomic mass is 16.5. The molecule has 19 heavy (non-hydrogen) atoms. The Bertz CT molecular complexity index is 315. The molecule has 1 rings (SSSR count). The summed E-state index contributed by atoms with van der Waals surface area (Å²) >= 11 is 0. The molecule has 0 radical (unpaired) electrons. The van der Waals surface area contributed by atoms with E-state index in [1.807, 2.05) is 12.5 Å². The largest absolute Gasteiger partial charge is 0.383 e. The van der Waals surface area contributed by atoms with Crippen LogP contribution in [0.25, 0.3) is 0 Å². The Morgan fingerprint density at radius 2 is 2.11 bits per heavy atom. The number of imidazole rings is 1. The van der Waals surface area contributed by atoms with Gasteiger partial charge in [0, 0.05) is 46.2 Å². The van der Waals surface area contributed by atoms with E-state index in [4.69, 9.17) is 9.47 Å². The topological polar surface area (TPSA) is 48.3 Å². The van der Waals surface area contributed by atoms with Crippen molar-refractivity contribution in [2.24, 2.45) is 0 Å². The fourth-order valence-corrected chi connectivity index (χ4v) is 1.77. The minimum absolute atomic E-state index is 0.736. The molecule has 0 saturated heterocycles. The van der Waals surface area contributed by atoms with Crippen LogP contribution >= 0.6 is 0 Å². The lowest BCUT2D eigenvalue weighted by molar-refractivity contribution is 0.126. The second kappa shape index (κ2) is 11.0. The molecule has 1 N–H and O–H groups in total. The number of nitrogens with one attached hydrogen (secondary N) is 1. The zero-order valence-corrected chi connectivity index (χ0v) is 12.2. The summed E-state index contributed by atoms with van der Waals surface area (Å²) in [5, 5.41) is 3.33. The van der Waals surface area contributed by atoms with E-state index in [0.717, 1.165) is 52.3 Å². The van der Waals surface area contributed by atoms with Gasteiger partial charge in [-0.3, -0.25) is 0 Å². The third-order valence-corrected chi connectivity index (χ3v) is 2.92. The molecule has 0 aliphatic carbocycles. The maximum absolute atomic E-state index is 5.56. The van der Waals surface area contributed by atoms with E-state index in [1.165, 1.54) is 12.1 Å². The van der Waals surface area contributed by atoms with Gasteiger partial charge in [-0.2, -0.15) is 0 Å². The van der Waals surface area contributed by atoms with E-state index < -0.39 is 0 Å². The molecule has 110 valence electrons. The summed E-state index contributed by atoms with van der Waals surface area (Å²) in [4.78, 5) is 4.20. The standard InChI is InChI=1S/C14H27N3O2/c1-3-4-8-19-9-5-7-17-13-16-12-14(17)11-15-6-10-18-2/h12-13,15H,3-11H2,1-2H3. The number of unbranched alkanes of at least 4 members (excludes halogenated alkanes) is 1. The first kappa shape index (κ1) is 16.1. The molecule has 0 aliphatic rings. The highest BCUT2D eigenvalue weighted by Crippen LogP contribution is 2.01. The fourth-order valence-electron chi connectivity index (χ4n) is 1.77. The lowest BCUT2D eigenvalue weighted by Gasteiger charge is -2.09. The predicted octanol–water partition coefficient (Wildman–Crippen LogP) is 1.83. The number of ether oxygens (including phenoxy) is 2. The van der Waals surface area contributed by atoms with E-state index in [0.29, 0.717) is 0 Å². The molecule has 0 fully saturated rings. The third kappa shape index (κ3) is 7.30. The van der Waals surface area contributed by atoms with E-state index in [-0.39, 0.29) is 0 Å². The highest BCUT2D eigenvalue weighted by Gasteiger charge is 2.01. The van der Waals surface area contributed by atoms with Gasteiger partial charge in [0.05, 0.1) is 18.6 Å². The van der Waals surface area contributed by atoms with Gasteiger partial charge in [0.1, 0.15) is 0 Å². The monoisotopic (exact) mass is 269 g/mol. The van der Waals surface area contributed by atoms with E-state index in [1.54, 1.807) is 7.11 Å². The maximum atomic E-state index is 5.56. The van der Waals surface area contributed by atoms with Gasteiger partial charge in [-0.05, 0) is 12.8 Å². The van der Waals surface area contributed by atoms with Crippen LogP contribution in [0.1, 0.15) is 31.9 Å². The third-order valence-electron chi connectivity index (χ3n) is 2.92. The SMILES string of the molecule is CCCCOCCCn1cncc1CNCCOC. The zero-order chi connectivity index (χ0) is 13.8. The van der Waals surface area contributed by atoms with Crippen molar-refractivity contribution in [3.63, 3.8) is 0 Å². The van der Waals surface area contributed by atoms with Crippen molar-refractivity contribution in [2.75, 3.05) is 33.5 Å². The van der Waals surface area contributed by atoms with Gasteiger partial charge in [0.25, 0.3) is 0 Å². The maximum Gasteiger partial charge on any atom is 0.0948 e. The minimum Gasteiger partial charge on any atom is -0.383 e. The Morgan fingerprint density at radius 1 is 1.26 bits per heavy atom. The van der Waals surface area contributed by atoms with Crippen molar-refractivity contribution >= 4 is 0 Å². The molecule has 5 nitrogen and oxygen atoms in total. The molecule has 1 aromatic rings. The van der Waals surface area contributed by atoms with Crippen LogP contribution in [0.5, 0.6) is 0 Å². The molecule has 0 unspecified atom stereocenters. The second-order valence-corrected chi connectivity index (χ2v) is 4.57. The van der Waals surface area contributed by atoms with E-state index >= 15 is 0 Å². The van der Waals surface area contributed by atoms with Gasteiger partial charge >= 0.3 is 0 Å². The molecule has 5 heteroatoms. The van der Waals surface area contributed by atoms with Gasteiger partial charge in [-0.1, -0.05) is 13.3 Å². The molecular weight excluding hydrogens is 242 g/mol. The summed E-state index contributed by atoms with van der Waals surface area (Å²) in [5.74, 6) is 0. The number of hydrogen-bond donors (Lipinski definition) is 1. The summed E-state index contributed by atoms with van der Waals surface area (Å²) in [7, 11) is 1.71. The minimum atomic E-state index is 0.736. The van der Waals surface area contributed by atoms with E-state index in [9.17, 15) is 0 Å². The van der Waals surface area contributed by atoms with Crippen LogP contribution in [-0.2, 0) is 22.6 Å². The second-order valence-electron chi connectivity index (χ2n) is 4.57. The Morgan fingerprint density at radius 3 is 2.89 bits per heavy atom. The summed E-state index contributed by atoms with van der Waals surface area (Å²) in [6.07, 6.45) is 7.18. The lowest BCUT2D eigenvalue weighted by atomic mass is 10.3. The molecule has 0 atom stereocenters. The van der Waals surface area contributed by atoms with Crippen molar-refractivity contribution in [1.82, 2.24) is 14.9 Å². The van der Waals surface area contributed by atoms with Crippen LogP contribution in [0.15, 0.2) is 12.5 Å². The molecule has 0 aliphatic heterocycles. The van der Waals surface area contributed by atoms with Crippen molar-refractivity contribution in [3.05, 3.63) is 18.2 Å². The number of hydrogen-bond acceptors (Lipinski definition) is 4. The quantitative estimate of drug-likeness (QED) is 0.588. The number of rotatable bonds is 12. The molecule has 0 saturated carbocycles. The first-order valence-corrected chi connectivity index (χ1v) is 7.15. The predicted molar refractivity (Wildman–Crippen MR) is 76.2 cm³/mol. The molecule has 0 amide bonds. The number of aryl methyl sites for hydroxylation is 1. The Balaban J connectivity index is 2.13. The average Bonchev–Trinajstić information content (AvgIpc) is 2.86. The summed E-state index contributed by atoms with van der Waals surface area (Å²) in [6.45, 7) is 7.28. The fraction of sp³-hybridized carbons (Fsp3) is 0.786.